The summed E-state index contributed by atoms with van der Waals surface area (Å²) in [6.45, 7) is 6.19. The van der Waals surface area contributed by atoms with Crippen LogP contribution in [0.1, 0.15) is 18.4 Å². The van der Waals surface area contributed by atoms with Crippen LogP contribution < -0.4 is 10.2 Å². The van der Waals surface area contributed by atoms with Gasteiger partial charge in [-0.2, -0.15) is 5.10 Å². The second-order valence-corrected chi connectivity index (χ2v) is 5.63. The summed E-state index contributed by atoms with van der Waals surface area (Å²) in [5, 5.41) is 7.71. The van der Waals surface area contributed by atoms with E-state index >= 15 is 0 Å². The molecule has 1 aromatic heterocycles. The minimum absolute atomic E-state index is 0.143. The molecule has 4 nitrogen and oxygen atoms in total. The van der Waals surface area contributed by atoms with Crippen LogP contribution in [0.15, 0.2) is 43.2 Å². The number of hydrogen-bond acceptors (Lipinski definition) is 3. The lowest BCUT2D eigenvalue weighted by Crippen LogP contribution is -2.45. The maximum absolute atomic E-state index is 13.9. The van der Waals surface area contributed by atoms with Crippen LogP contribution in [0.25, 0.3) is 6.20 Å². The van der Waals surface area contributed by atoms with Crippen molar-refractivity contribution in [1.29, 1.82) is 0 Å². The average Bonchev–Trinajstić information content (AvgIpc) is 3.02. The van der Waals surface area contributed by atoms with Gasteiger partial charge in [-0.3, -0.25) is 0 Å². The maximum Gasteiger partial charge on any atom is 0.146 e. The topological polar surface area (TPSA) is 33.1 Å². The molecule has 0 unspecified atom stereocenters. The first-order valence-electron chi connectivity index (χ1n) is 7.64. The van der Waals surface area contributed by atoms with Crippen LogP contribution in [0.4, 0.5) is 10.1 Å². The third kappa shape index (κ3) is 3.36. The zero-order chi connectivity index (χ0) is 15.4. The predicted octanol–water partition coefficient (Wildman–Crippen LogP) is 2.88. The van der Waals surface area contributed by atoms with Gasteiger partial charge in [0, 0.05) is 43.6 Å². The predicted molar refractivity (Wildman–Crippen MR) is 87.1 cm³/mol. The number of para-hydroxylation sites is 1. The summed E-state index contributed by atoms with van der Waals surface area (Å²) in [5.74, 6) is -0.143. The van der Waals surface area contributed by atoms with E-state index in [-0.39, 0.29) is 5.82 Å². The number of hydrogen-bond donors (Lipinski definition) is 1. The molecule has 1 N–H and O–H groups in total. The molecule has 116 valence electrons. The van der Waals surface area contributed by atoms with Crippen molar-refractivity contribution in [3.05, 3.63) is 54.6 Å². The van der Waals surface area contributed by atoms with Crippen LogP contribution in [0.2, 0.25) is 0 Å². The molecule has 1 atom stereocenters. The molecule has 0 spiro atoms. The van der Waals surface area contributed by atoms with E-state index in [1.54, 1.807) is 16.9 Å². The van der Waals surface area contributed by atoms with E-state index in [1.807, 2.05) is 24.5 Å². The number of nitrogens with zero attached hydrogens (tertiary/aromatic N) is 3. The molecule has 0 bridgehead atoms. The van der Waals surface area contributed by atoms with E-state index in [9.17, 15) is 4.39 Å². The van der Waals surface area contributed by atoms with Gasteiger partial charge in [0.25, 0.3) is 0 Å². The quantitative estimate of drug-likeness (QED) is 0.922. The molecule has 1 saturated heterocycles. The molecule has 2 aromatic rings. The van der Waals surface area contributed by atoms with Crippen molar-refractivity contribution in [3.8, 4) is 0 Å². The Kier molecular flexibility index (Phi) is 4.53. The normalized spacial score (nSPS) is 18.4. The molecule has 3 rings (SSSR count). The first kappa shape index (κ1) is 14.8. The lowest BCUT2D eigenvalue weighted by Gasteiger charge is -2.35. The number of nitrogens with one attached hydrogen (secondary N) is 1. The molecule has 0 amide bonds. The second-order valence-electron chi connectivity index (χ2n) is 5.63. The third-order valence-corrected chi connectivity index (χ3v) is 4.05. The van der Waals surface area contributed by atoms with E-state index in [2.05, 4.69) is 21.9 Å². The van der Waals surface area contributed by atoms with Crippen LogP contribution in [-0.2, 0) is 6.54 Å². The van der Waals surface area contributed by atoms with Crippen LogP contribution in [0.5, 0.6) is 0 Å². The van der Waals surface area contributed by atoms with Crippen molar-refractivity contribution < 1.29 is 4.39 Å². The van der Waals surface area contributed by atoms with Crippen molar-refractivity contribution in [3.63, 3.8) is 0 Å². The average molecular weight is 300 g/mol. The zero-order valence-corrected chi connectivity index (χ0v) is 12.6. The number of benzene rings is 1. The second kappa shape index (κ2) is 6.75. The van der Waals surface area contributed by atoms with E-state index in [4.69, 9.17) is 0 Å². The minimum Gasteiger partial charge on any atom is -0.368 e. The molecule has 0 saturated carbocycles. The summed E-state index contributed by atoms with van der Waals surface area (Å²) in [7, 11) is 0. The van der Waals surface area contributed by atoms with Crippen molar-refractivity contribution in [2.45, 2.75) is 25.4 Å². The first-order valence-corrected chi connectivity index (χ1v) is 7.64. The molecule has 5 heteroatoms. The Morgan fingerprint density at radius 3 is 3.05 bits per heavy atom. The summed E-state index contributed by atoms with van der Waals surface area (Å²) in [4.78, 5) is 2.13. The van der Waals surface area contributed by atoms with Gasteiger partial charge in [0.15, 0.2) is 0 Å². The highest BCUT2D eigenvalue weighted by Gasteiger charge is 2.21. The van der Waals surface area contributed by atoms with Gasteiger partial charge >= 0.3 is 0 Å². The highest BCUT2D eigenvalue weighted by Crippen LogP contribution is 2.23. The Hall–Kier alpha value is -2.14. The molecule has 1 fully saturated rings. The number of halogens is 1. The van der Waals surface area contributed by atoms with Crippen molar-refractivity contribution in [1.82, 2.24) is 15.1 Å². The van der Waals surface area contributed by atoms with Crippen LogP contribution in [-0.4, -0.2) is 28.9 Å². The Morgan fingerprint density at radius 2 is 2.27 bits per heavy atom. The summed E-state index contributed by atoms with van der Waals surface area (Å²) >= 11 is 0. The summed E-state index contributed by atoms with van der Waals surface area (Å²) < 4.78 is 15.6. The van der Waals surface area contributed by atoms with Gasteiger partial charge in [-0.15, -0.1) is 0 Å². The highest BCUT2D eigenvalue weighted by molar-refractivity contribution is 5.48. The van der Waals surface area contributed by atoms with Crippen molar-refractivity contribution in [2.24, 2.45) is 0 Å². The maximum atomic E-state index is 13.9. The fourth-order valence-corrected chi connectivity index (χ4v) is 2.90. The number of aromatic nitrogens is 2. The Labute approximate surface area is 130 Å². The largest absolute Gasteiger partial charge is 0.368 e. The summed E-state index contributed by atoms with van der Waals surface area (Å²) in [6.07, 6.45) is 7.64. The minimum atomic E-state index is -0.143. The monoisotopic (exact) mass is 300 g/mol. The third-order valence-electron chi connectivity index (χ3n) is 4.05. The molecular weight excluding hydrogens is 279 g/mol. The van der Waals surface area contributed by atoms with Gasteiger partial charge in [-0.1, -0.05) is 18.7 Å². The zero-order valence-electron chi connectivity index (χ0n) is 12.6. The van der Waals surface area contributed by atoms with E-state index in [1.165, 1.54) is 6.07 Å². The molecule has 0 radical (unpaired) electrons. The van der Waals surface area contributed by atoms with Gasteiger partial charge < -0.3 is 10.2 Å². The summed E-state index contributed by atoms with van der Waals surface area (Å²) in [6, 6.07) is 7.36. The SMILES string of the molecule is C=Cn1cc(CN[C@@H]2CCCN(c3ccccc3F)C2)cn1. The lowest BCUT2D eigenvalue weighted by molar-refractivity contribution is 0.418. The van der Waals surface area contributed by atoms with Gasteiger partial charge in [-0.25, -0.2) is 9.07 Å². The van der Waals surface area contributed by atoms with Crippen LogP contribution in [0.3, 0.4) is 0 Å². The van der Waals surface area contributed by atoms with Crippen molar-refractivity contribution >= 4 is 11.9 Å². The van der Waals surface area contributed by atoms with E-state index < -0.39 is 0 Å². The molecule has 2 heterocycles. The molecule has 1 aliphatic heterocycles. The molecule has 0 aliphatic carbocycles. The van der Waals surface area contributed by atoms with E-state index in [0.717, 1.165) is 38.0 Å². The van der Waals surface area contributed by atoms with Crippen LogP contribution >= 0.6 is 0 Å². The first-order chi connectivity index (χ1) is 10.8. The highest BCUT2D eigenvalue weighted by atomic mass is 19.1. The lowest BCUT2D eigenvalue weighted by atomic mass is 10.0. The Bertz CT molecular complexity index is 637. The fourth-order valence-electron chi connectivity index (χ4n) is 2.90. The molecule has 22 heavy (non-hydrogen) atoms. The van der Waals surface area contributed by atoms with Gasteiger partial charge in [0.05, 0.1) is 11.9 Å². The fraction of sp³-hybridized carbons (Fsp3) is 0.353. The number of anilines is 1. The van der Waals surface area contributed by atoms with Gasteiger partial charge in [0.2, 0.25) is 0 Å². The molecule has 1 aromatic carbocycles. The van der Waals surface area contributed by atoms with Crippen LogP contribution in [0, 0.1) is 5.82 Å². The standard InChI is InChI=1S/C17H21FN4/c1-2-22-12-14(11-20-22)10-19-15-6-5-9-21(13-15)17-8-4-3-7-16(17)18/h2-4,7-8,11-12,15,19H,1,5-6,9-10,13H2/t15-/m1/s1. The van der Waals surface area contributed by atoms with Crippen molar-refractivity contribution in [2.75, 3.05) is 18.0 Å². The number of piperidine rings is 1. The smallest absolute Gasteiger partial charge is 0.146 e. The van der Waals surface area contributed by atoms with Gasteiger partial charge in [-0.05, 0) is 25.0 Å². The Balaban J connectivity index is 1.59. The number of rotatable bonds is 5. The molecule has 1 aliphatic rings. The Morgan fingerprint density at radius 1 is 1.41 bits per heavy atom. The molecular formula is C17H21FN4. The van der Waals surface area contributed by atoms with E-state index in [0.29, 0.717) is 11.7 Å². The van der Waals surface area contributed by atoms with Gasteiger partial charge in [0.1, 0.15) is 5.82 Å². The summed E-state index contributed by atoms with van der Waals surface area (Å²) in [5.41, 5.74) is 1.83.